The molecule has 0 saturated carbocycles. The number of rotatable bonds is 2. The van der Waals surface area contributed by atoms with Crippen LogP contribution in [0.15, 0.2) is 0 Å². The second kappa shape index (κ2) is 2.58. The molecule has 10 heavy (non-hydrogen) atoms. The third-order valence-electron chi connectivity index (χ3n) is 1.83. The first-order valence-electron chi connectivity index (χ1n) is 3.48. The van der Waals surface area contributed by atoms with Gasteiger partial charge in [-0.3, -0.25) is 4.79 Å². The lowest BCUT2D eigenvalue weighted by Gasteiger charge is -2.19. The lowest BCUT2D eigenvalue weighted by atomic mass is 9.99. The van der Waals surface area contributed by atoms with E-state index < -0.39 is 5.97 Å². The summed E-state index contributed by atoms with van der Waals surface area (Å²) in [5.41, 5.74) is -0.383. The predicted octanol–water partition coefficient (Wildman–Crippen LogP) is 1.03. The van der Waals surface area contributed by atoms with Crippen LogP contribution in [0.1, 0.15) is 26.2 Å². The van der Waals surface area contributed by atoms with Crippen molar-refractivity contribution in [2.45, 2.75) is 31.8 Å². The lowest BCUT2D eigenvalue weighted by molar-refractivity contribution is -0.142. The van der Waals surface area contributed by atoms with Crippen LogP contribution in [-0.2, 0) is 9.53 Å². The van der Waals surface area contributed by atoms with Gasteiger partial charge in [-0.2, -0.15) is 0 Å². The minimum absolute atomic E-state index is 0.132. The fourth-order valence-corrected chi connectivity index (χ4v) is 1.30. The molecule has 0 unspecified atom stereocenters. The maximum atomic E-state index is 10.3. The molecule has 1 fully saturated rings. The van der Waals surface area contributed by atoms with Crippen LogP contribution in [0, 0.1) is 0 Å². The molecule has 0 aromatic rings. The van der Waals surface area contributed by atoms with Crippen molar-refractivity contribution in [3.05, 3.63) is 0 Å². The van der Waals surface area contributed by atoms with Crippen molar-refractivity contribution in [1.82, 2.24) is 0 Å². The largest absolute Gasteiger partial charge is 0.481 e. The molecule has 0 aromatic heterocycles. The molecule has 0 bridgehead atoms. The maximum Gasteiger partial charge on any atom is 0.306 e. The van der Waals surface area contributed by atoms with E-state index in [1.165, 1.54) is 0 Å². The number of hydrogen-bond acceptors (Lipinski definition) is 2. The molecule has 0 spiro atoms. The van der Waals surface area contributed by atoms with E-state index in [1.54, 1.807) is 0 Å². The number of ether oxygens (including phenoxy) is 1. The quantitative estimate of drug-likeness (QED) is 0.629. The van der Waals surface area contributed by atoms with Gasteiger partial charge in [0.25, 0.3) is 0 Å². The molecule has 1 N–H and O–H groups in total. The van der Waals surface area contributed by atoms with Gasteiger partial charge < -0.3 is 9.84 Å². The molecule has 1 heterocycles. The van der Waals surface area contributed by atoms with Crippen LogP contribution < -0.4 is 0 Å². The van der Waals surface area contributed by atoms with E-state index in [9.17, 15) is 4.79 Å². The van der Waals surface area contributed by atoms with Gasteiger partial charge in [0.1, 0.15) is 0 Å². The summed E-state index contributed by atoms with van der Waals surface area (Å²) in [7, 11) is 0. The Balaban J connectivity index is 2.43. The highest BCUT2D eigenvalue weighted by Gasteiger charge is 2.31. The fraction of sp³-hybridized carbons (Fsp3) is 0.857. The molecule has 1 aliphatic rings. The summed E-state index contributed by atoms with van der Waals surface area (Å²) < 4.78 is 5.27. The first kappa shape index (κ1) is 7.54. The molecule has 1 rings (SSSR count). The van der Waals surface area contributed by atoms with E-state index in [1.807, 2.05) is 6.92 Å². The van der Waals surface area contributed by atoms with Crippen LogP contribution >= 0.6 is 0 Å². The highest BCUT2D eigenvalue weighted by molar-refractivity contribution is 5.68. The highest BCUT2D eigenvalue weighted by Crippen LogP contribution is 2.27. The first-order valence-corrected chi connectivity index (χ1v) is 3.48. The van der Waals surface area contributed by atoms with Crippen molar-refractivity contribution >= 4 is 5.97 Å². The highest BCUT2D eigenvalue weighted by atomic mass is 16.5. The summed E-state index contributed by atoms with van der Waals surface area (Å²) in [4.78, 5) is 10.3. The normalized spacial score (nSPS) is 32.5. The topological polar surface area (TPSA) is 46.5 Å². The van der Waals surface area contributed by atoms with Crippen molar-refractivity contribution in [3.63, 3.8) is 0 Å². The van der Waals surface area contributed by atoms with Crippen molar-refractivity contribution in [2.75, 3.05) is 6.61 Å². The first-order chi connectivity index (χ1) is 4.62. The van der Waals surface area contributed by atoms with E-state index in [0.717, 1.165) is 12.8 Å². The molecule has 1 aliphatic heterocycles. The van der Waals surface area contributed by atoms with Gasteiger partial charge in [0.2, 0.25) is 0 Å². The predicted molar refractivity (Wildman–Crippen MR) is 35.8 cm³/mol. The van der Waals surface area contributed by atoms with Gasteiger partial charge in [-0.05, 0) is 19.8 Å². The van der Waals surface area contributed by atoms with Crippen LogP contribution in [0.3, 0.4) is 0 Å². The number of carboxylic acid groups (broad SMARTS) is 1. The standard InChI is InChI=1S/C7H12O3/c1-7(5-6(8)9)3-2-4-10-7/h2-5H2,1H3,(H,8,9)/t7-/m0/s1. The summed E-state index contributed by atoms with van der Waals surface area (Å²) in [6.45, 7) is 2.57. The number of carboxylic acids is 1. The average Bonchev–Trinajstić information content (AvgIpc) is 2.12. The Bertz CT molecular complexity index is 136. The molecule has 58 valence electrons. The summed E-state index contributed by atoms with van der Waals surface area (Å²) in [5, 5.41) is 8.46. The Morgan fingerprint density at radius 2 is 2.50 bits per heavy atom. The summed E-state index contributed by atoms with van der Waals surface area (Å²) in [6, 6.07) is 0. The van der Waals surface area contributed by atoms with Gasteiger partial charge >= 0.3 is 5.97 Å². The number of aliphatic carboxylic acids is 1. The van der Waals surface area contributed by atoms with Gasteiger partial charge in [-0.25, -0.2) is 0 Å². The van der Waals surface area contributed by atoms with Crippen LogP contribution in [0.2, 0.25) is 0 Å². The zero-order chi connectivity index (χ0) is 7.61. The van der Waals surface area contributed by atoms with Crippen molar-refractivity contribution in [2.24, 2.45) is 0 Å². The zero-order valence-electron chi connectivity index (χ0n) is 6.09. The van der Waals surface area contributed by atoms with Gasteiger partial charge in [0.15, 0.2) is 0 Å². The van der Waals surface area contributed by atoms with Crippen LogP contribution in [0.5, 0.6) is 0 Å². The molecular formula is C7H12O3. The molecule has 3 nitrogen and oxygen atoms in total. The zero-order valence-corrected chi connectivity index (χ0v) is 6.09. The van der Waals surface area contributed by atoms with Gasteiger partial charge in [-0.15, -0.1) is 0 Å². The SMILES string of the molecule is C[C@@]1(CC(=O)O)CCCO1. The molecule has 0 amide bonds. The summed E-state index contributed by atoms with van der Waals surface area (Å²) >= 11 is 0. The molecule has 0 aromatic carbocycles. The summed E-state index contributed by atoms with van der Waals surface area (Å²) in [5.74, 6) is -0.774. The number of carbonyl (C=O) groups is 1. The lowest BCUT2D eigenvalue weighted by Crippen LogP contribution is -2.26. The smallest absolute Gasteiger partial charge is 0.306 e. The van der Waals surface area contributed by atoms with Crippen molar-refractivity contribution < 1.29 is 14.6 Å². The number of hydrogen-bond donors (Lipinski definition) is 1. The van der Waals surface area contributed by atoms with Gasteiger partial charge in [0, 0.05) is 6.61 Å². The van der Waals surface area contributed by atoms with E-state index in [2.05, 4.69) is 0 Å². The van der Waals surface area contributed by atoms with Gasteiger partial charge in [-0.1, -0.05) is 0 Å². The Hall–Kier alpha value is -0.570. The second-order valence-corrected chi connectivity index (χ2v) is 2.97. The minimum Gasteiger partial charge on any atom is -0.481 e. The second-order valence-electron chi connectivity index (χ2n) is 2.97. The Kier molecular flexibility index (Phi) is 1.94. The van der Waals surface area contributed by atoms with E-state index in [0.29, 0.717) is 6.61 Å². The summed E-state index contributed by atoms with van der Waals surface area (Å²) in [6.07, 6.45) is 2.00. The Morgan fingerprint density at radius 1 is 1.80 bits per heavy atom. The average molecular weight is 144 g/mol. The third kappa shape index (κ3) is 1.70. The fourth-order valence-electron chi connectivity index (χ4n) is 1.30. The minimum atomic E-state index is -0.774. The van der Waals surface area contributed by atoms with Gasteiger partial charge in [0.05, 0.1) is 12.0 Å². The van der Waals surface area contributed by atoms with Crippen molar-refractivity contribution in [1.29, 1.82) is 0 Å². The van der Waals surface area contributed by atoms with E-state index >= 15 is 0 Å². The van der Waals surface area contributed by atoms with E-state index in [4.69, 9.17) is 9.84 Å². The van der Waals surface area contributed by atoms with Crippen molar-refractivity contribution in [3.8, 4) is 0 Å². The Morgan fingerprint density at radius 3 is 2.90 bits per heavy atom. The molecule has 3 heteroatoms. The molecule has 1 atom stereocenters. The monoisotopic (exact) mass is 144 g/mol. The molecular weight excluding hydrogens is 132 g/mol. The molecule has 0 radical (unpaired) electrons. The van der Waals surface area contributed by atoms with Crippen LogP contribution in [-0.4, -0.2) is 23.3 Å². The van der Waals surface area contributed by atoms with Crippen LogP contribution in [0.4, 0.5) is 0 Å². The maximum absolute atomic E-state index is 10.3. The Labute approximate surface area is 60.0 Å². The molecule has 1 saturated heterocycles. The third-order valence-corrected chi connectivity index (χ3v) is 1.83. The molecule has 0 aliphatic carbocycles. The van der Waals surface area contributed by atoms with Crippen LogP contribution in [0.25, 0.3) is 0 Å². The van der Waals surface area contributed by atoms with E-state index in [-0.39, 0.29) is 12.0 Å².